The van der Waals surface area contributed by atoms with Gasteiger partial charge in [0.25, 0.3) is 5.56 Å². The molecule has 28 heavy (non-hydrogen) atoms. The molecule has 3 aromatic rings. The minimum atomic E-state index is -4.75. The highest BCUT2D eigenvalue weighted by atomic mass is 32.2. The number of hydrogen-bond donors (Lipinski definition) is 2. The molecular weight excluding hydrogens is 411 g/mol. The first-order chi connectivity index (χ1) is 13.1. The highest BCUT2D eigenvalue weighted by molar-refractivity contribution is 8.01. The molecule has 0 aliphatic carbocycles. The van der Waals surface area contributed by atoms with Crippen molar-refractivity contribution >= 4 is 39.2 Å². The summed E-state index contributed by atoms with van der Waals surface area (Å²) >= 11 is 1.67. The third-order valence-corrected chi connectivity index (χ3v) is 7.41. The molecule has 1 fully saturated rings. The molecule has 3 heterocycles. The van der Waals surface area contributed by atoms with Crippen LogP contribution in [-0.2, 0) is 9.67 Å². The molecule has 146 valence electrons. The van der Waals surface area contributed by atoms with Crippen molar-refractivity contribution in [3.8, 4) is 0 Å². The summed E-state index contributed by atoms with van der Waals surface area (Å²) in [6.45, 7) is 3.62. The molecule has 1 aliphatic heterocycles. The van der Waals surface area contributed by atoms with Crippen molar-refractivity contribution in [2.75, 3.05) is 0 Å². The maximum Gasteiger partial charge on any atom is 0.425 e. The van der Waals surface area contributed by atoms with Gasteiger partial charge in [-0.25, -0.2) is 4.98 Å². The van der Waals surface area contributed by atoms with Gasteiger partial charge in [-0.2, -0.15) is 13.2 Å². The Bertz CT molecular complexity index is 1140. The number of H-pyrrole nitrogens is 1. The predicted molar refractivity (Wildman–Crippen MR) is 102 cm³/mol. The van der Waals surface area contributed by atoms with Gasteiger partial charge in [-0.15, -0.1) is 11.3 Å². The van der Waals surface area contributed by atoms with E-state index in [4.69, 9.17) is 0 Å². The van der Waals surface area contributed by atoms with Crippen LogP contribution >= 0.6 is 23.1 Å². The summed E-state index contributed by atoms with van der Waals surface area (Å²) < 4.78 is 42.1. The SMILES string of the molecule is Cc1sc2nc([C@@H]3S[C@@](c4ccccc4)(C(F)(F)F)NC3=O)[nH]c(=O)c2c1C. The maximum atomic E-state index is 14.0. The highest BCUT2D eigenvalue weighted by Gasteiger charge is 2.64. The van der Waals surface area contributed by atoms with Crippen molar-refractivity contribution in [1.82, 2.24) is 15.3 Å². The van der Waals surface area contributed by atoms with Crippen LogP contribution in [0, 0.1) is 13.8 Å². The number of thioether (sulfide) groups is 1. The molecule has 0 spiro atoms. The fourth-order valence-electron chi connectivity index (χ4n) is 3.19. The molecule has 2 aromatic heterocycles. The molecule has 0 bridgehead atoms. The second kappa shape index (κ2) is 6.35. The van der Waals surface area contributed by atoms with Crippen LogP contribution in [0.4, 0.5) is 13.2 Å². The zero-order valence-electron chi connectivity index (χ0n) is 14.7. The molecule has 0 radical (unpaired) electrons. The lowest BCUT2D eigenvalue weighted by atomic mass is 10.1. The number of aryl methyl sites for hydroxylation is 2. The number of aromatic nitrogens is 2. The number of thiophene rings is 1. The highest BCUT2D eigenvalue weighted by Crippen LogP contribution is 2.56. The molecule has 4 rings (SSSR count). The van der Waals surface area contributed by atoms with Gasteiger partial charge in [0, 0.05) is 4.88 Å². The number of halogens is 3. The third kappa shape index (κ3) is 2.74. The van der Waals surface area contributed by atoms with Gasteiger partial charge in [0.1, 0.15) is 15.9 Å². The Morgan fingerprint density at radius 1 is 1.14 bits per heavy atom. The van der Waals surface area contributed by atoms with Gasteiger partial charge in [-0.1, -0.05) is 42.1 Å². The smallest absolute Gasteiger partial charge is 0.329 e. The maximum absolute atomic E-state index is 14.0. The van der Waals surface area contributed by atoms with Crippen molar-refractivity contribution in [2.24, 2.45) is 0 Å². The van der Waals surface area contributed by atoms with Crippen LogP contribution in [0.15, 0.2) is 35.1 Å². The summed E-state index contributed by atoms with van der Waals surface area (Å²) in [6, 6.07) is 7.18. The molecule has 0 unspecified atom stereocenters. The number of alkyl halides is 3. The van der Waals surface area contributed by atoms with Gasteiger partial charge in [-0.3, -0.25) is 9.59 Å². The van der Waals surface area contributed by atoms with Gasteiger partial charge >= 0.3 is 6.18 Å². The van der Waals surface area contributed by atoms with Crippen molar-refractivity contribution in [2.45, 2.75) is 30.1 Å². The second-order valence-electron chi connectivity index (χ2n) is 6.45. The first-order valence-electron chi connectivity index (χ1n) is 8.26. The van der Waals surface area contributed by atoms with Crippen molar-refractivity contribution in [3.63, 3.8) is 0 Å². The van der Waals surface area contributed by atoms with Gasteiger partial charge in [0.15, 0.2) is 0 Å². The van der Waals surface area contributed by atoms with Crippen molar-refractivity contribution in [1.29, 1.82) is 0 Å². The lowest BCUT2D eigenvalue weighted by molar-refractivity contribution is -0.171. The molecule has 1 aliphatic rings. The first-order valence-corrected chi connectivity index (χ1v) is 9.95. The van der Waals surface area contributed by atoms with Crippen LogP contribution in [0.3, 0.4) is 0 Å². The molecule has 1 aromatic carbocycles. The minimum Gasteiger partial charge on any atom is -0.329 e. The van der Waals surface area contributed by atoms with E-state index in [2.05, 4.69) is 15.3 Å². The Morgan fingerprint density at radius 3 is 2.46 bits per heavy atom. The van der Waals surface area contributed by atoms with Crippen LogP contribution < -0.4 is 10.9 Å². The number of rotatable bonds is 2. The monoisotopic (exact) mass is 425 g/mol. The van der Waals surface area contributed by atoms with Crippen LogP contribution in [0.25, 0.3) is 10.2 Å². The van der Waals surface area contributed by atoms with E-state index in [1.54, 1.807) is 13.0 Å². The van der Waals surface area contributed by atoms with Gasteiger partial charge in [-0.05, 0) is 25.0 Å². The van der Waals surface area contributed by atoms with E-state index in [0.29, 0.717) is 22.0 Å². The molecule has 0 saturated carbocycles. The standard InChI is InChI=1S/C18H14F3N3O2S2/c1-8-9(2)27-16-11(8)14(25)22-13(23-16)12-15(26)24-17(28-12,18(19,20)21)10-6-4-3-5-7-10/h3-7,12H,1-2H3,(H,24,26)(H,22,23,25)/t12-,17-/m0/s1. The number of fused-ring (bicyclic) bond motifs is 1. The van der Waals surface area contributed by atoms with E-state index in [0.717, 1.165) is 10.4 Å². The Morgan fingerprint density at radius 2 is 1.82 bits per heavy atom. The summed E-state index contributed by atoms with van der Waals surface area (Å²) in [5, 5.41) is 1.21. The number of nitrogens with zero attached hydrogens (tertiary/aromatic N) is 1. The Kier molecular flexibility index (Phi) is 4.31. The zero-order chi connectivity index (χ0) is 20.3. The van der Waals surface area contributed by atoms with Crippen LogP contribution in [0.1, 0.15) is 27.1 Å². The first kappa shape index (κ1) is 19.0. The van der Waals surface area contributed by atoms with E-state index >= 15 is 0 Å². The zero-order valence-corrected chi connectivity index (χ0v) is 16.3. The average Bonchev–Trinajstić information content (AvgIpc) is 3.13. The number of amides is 1. The van der Waals surface area contributed by atoms with Crippen molar-refractivity contribution in [3.05, 3.63) is 62.5 Å². The number of aromatic amines is 1. The Balaban J connectivity index is 1.83. The molecule has 5 nitrogen and oxygen atoms in total. The van der Waals surface area contributed by atoms with Crippen LogP contribution in [0.5, 0.6) is 0 Å². The summed E-state index contributed by atoms with van der Waals surface area (Å²) in [5.74, 6) is -0.929. The van der Waals surface area contributed by atoms with Gasteiger partial charge in [0.2, 0.25) is 10.8 Å². The quantitative estimate of drug-likeness (QED) is 0.653. The fraction of sp³-hybridized carbons (Fsp3) is 0.278. The van der Waals surface area contributed by atoms with Gasteiger partial charge < -0.3 is 10.3 Å². The number of nitrogens with one attached hydrogen (secondary N) is 2. The largest absolute Gasteiger partial charge is 0.425 e. The van der Waals surface area contributed by atoms with Gasteiger partial charge in [0.05, 0.1) is 5.39 Å². The number of carbonyl (C=O) groups is 1. The van der Waals surface area contributed by atoms with Crippen molar-refractivity contribution < 1.29 is 18.0 Å². The lowest BCUT2D eigenvalue weighted by Gasteiger charge is -2.31. The Hall–Kier alpha value is -2.33. The number of carbonyl (C=O) groups excluding carboxylic acids is 1. The summed E-state index contributed by atoms with van der Waals surface area (Å²) in [6.07, 6.45) is -4.75. The summed E-state index contributed by atoms with van der Waals surface area (Å²) in [7, 11) is 0. The fourth-order valence-corrected chi connectivity index (χ4v) is 5.53. The summed E-state index contributed by atoms with van der Waals surface area (Å²) in [5.41, 5.74) is 0.229. The minimum absolute atomic E-state index is 0.0803. The lowest BCUT2D eigenvalue weighted by Crippen LogP contribution is -2.49. The predicted octanol–water partition coefficient (Wildman–Crippen LogP) is 3.92. The topological polar surface area (TPSA) is 74.8 Å². The molecule has 1 saturated heterocycles. The molecular formula is C18H14F3N3O2S2. The van der Waals surface area contributed by atoms with Crippen LogP contribution in [-0.4, -0.2) is 22.1 Å². The molecule has 2 N–H and O–H groups in total. The number of benzene rings is 1. The Labute approximate surface area is 165 Å². The third-order valence-electron chi connectivity index (χ3n) is 4.72. The van der Waals surface area contributed by atoms with Crippen LogP contribution in [0.2, 0.25) is 0 Å². The van der Waals surface area contributed by atoms with E-state index in [1.807, 2.05) is 6.92 Å². The molecule has 1 amide bonds. The molecule has 10 heteroatoms. The van der Waals surface area contributed by atoms with E-state index < -0.39 is 27.8 Å². The molecule has 2 atom stereocenters. The van der Waals surface area contributed by atoms with E-state index in [9.17, 15) is 22.8 Å². The average molecular weight is 425 g/mol. The van der Waals surface area contributed by atoms with E-state index in [1.165, 1.54) is 35.6 Å². The summed E-state index contributed by atoms with van der Waals surface area (Å²) in [4.78, 5) is 30.5. The van der Waals surface area contributed by atoms with E-state index in [-0.39, 0.29) is 11.4 Å². The number of hydrogen-bond acceptors (Lipinski definition) is 5. The normalized spacial score (nSPS) is 22.6. The second-order valence-corrected chi connectivity index (χ2v) is 8.97.